The van der Waals surface area contributed by atoms with E-state index in [2.05, 4.69) is 19.2 Å². The Morgan fingerprint density at radius 3 is 2.45 bits per heavy atom. The molecule has 0 fully saturated rings. The summed E-state index contributed by atoms with van der Waals surface area (Å²) >= 11 is 0. The van der Waals surface area contributed by atoms with Crippen LogP contribution in [-0.2, 0) is 4.79 Å². The normalized spacial score (nSPS) is 15.2. The molecule has 0 saturated carbocycles. The van der Waals surface area contributed by atoms with Crippen molar-refractivity contribution in [1.82, 2.24) is 0 Å². The van der Waals surface area contributed by atoms with Crippen LogP contribution in [0.3, 0.4) is 0 Å². The van der Waals surface area contributed by atoms with Crippen LogP contribution in [0.2, 0.25) is 0 Å². The molecule has 1 aliphatic rings. The van der Waals surface area contributed by atoms with E-state index in [1.807, 2.05) is 68.1 Å². The lowest BCUT2D eigenvalue weighted by Crippen LogP contribution is -2.42. The van der Waals surface area contributed by atoms with E-state index >= 15 is 0 Å². The number of fused-ring (bicyclic) bond motifs is 1. The second-order valence-corrected chi connectivity index (χ2v) is 9.39. The molecule has 2 aromatic carbocycles. The Morgan fingerprint density at radius 1 is 1.16 bits per heavy atom. The van der Waals surface area contributed by atoms with E-state index in [1.54, 1.807) is 12.1 Å². The number of carbonyl (C=O) groups is 2. The number of ether oxygens (including phenoxy) is 1. The fourth-order valence-electron chi connectivity index (χ4n) is 3.45. The van der Waals surface area contributed by atoms with Crippen LogP contribution in [0.5, 0.6) is 5.75 Å². The second kappa shape index (κ2) is 9.00. The minimum absolute atomic E-state index is 0.0367. The lowest BCUT2D eigenvalue weighted by atomic mass is 9.92. The summed E-state index contributed by atoms with van der Waals surface area (Å²) in [6.45, 7) is 9.03. The maximum absolute atomic E-state index is 13.2. The first-order chi connectivity index (χ1) is 14.6. The number of benzene rings is 2. The van der Waals surface area contributed by atoms with Gasteiger partial charge in [-0.05, 0) is 68.7 Å². The van der Waals surface area contributed by atoms with Gasteiger partial charge in [-0.1, -0.05) is 13.8 Å². The van der Waals surface area contributed by atoms with Crippen molar-refractivity contribution >= 4 is 28.9 Å². The lowest BCUT2D eigenvalue weighted by molar-refractivity contribution is -0.127. The first-order valence-electron chi connectivity index (χ1n) is 10.8. The van der Waals surface area contributed by atoms with E-state index in [9.17, 15) is 9.59 Å². The van der Waals surface area contributed by atoms with Gasteiger partial charge in [-0.25, -0.2) is 0 Å². The summed E-state index contributed by atoms with van der Waals surface area (Å²) in [7, 11) is 3.92. The molecule has 1 heterocycles. The van der Waals surface area contributed by atoms with Crippen molar-refractivity contribution in [2.75, 3.05) is 42.4 Å². The fraction of sp³-hybridized carbons (Fsp3) is 0.440. The molecule has 0 bridgehead atoms. The van der Waals surface area contributed by atoms with E-state index < -0.39 is 5.41 Å². The Kier molecular flexibility index (Phi) is 6.58. The summed E-state index contributed by atoms with van der Waals surface area (Å²) in [5, 5.41) is 2.95. The van der Waals surface area contributed by atoms with Gasteiger partial charge in [0.2, 0.25) is 5.91 Å². The third-order valence-corrected chi connectivity index (χ3v) is 5.50. The van der Waals surface area contributed by atoms with E-state index in [-0.39, 0.29) is 11.8 Å². The zero-order chi connectivity index (χ0) is 22.8. The highest BCUT2D eigenvalue weighted by atomic mass is 16.5. The SMILES string of the molecule is CC(C)CCN1C(=O)C(C)(C)COc2ccc(NC(=O)c3ccc(N(C)C)cc3)cc21. The molecule has 2 aromatic rings. The van der Waals surface area contributed by atoms with Crippen molar-refractivity contribution in [1.29, 1.82) is 0 Å². The maximum atomic E-state index is 13.2. The minimum Gasteiger partial charge on any atom is -0.490 e. The van der Waals surface area contributed by atoms with Crippen LogP contribution >= 0.6 is 0 Å². The number of nitrogens with zero attached hydrogens (tertiary/aromatic N) is 2. The zero-order valence-electron chi connectivity index (χ0n) is 19.4. The van der Waals surface area contributed by atoms with E-state index in [0.717, 1.165) is 12.1 Å². The Morgan fingerprint density at radius 2 is 1.84 bits per heavy atom. The topological polar surface area (TPSA) is 61.9 Å². The van der Waals surface area contributed by atoms with Crippen LogP contribution in [0, 0.1) is 11.3 Å². The maximum Gasteiger partial charge on any atom is 0.255 e. The second-order valence-electron chi connectivity index (χ2n) is 9.39. The molecular weight excluding hydrogens is 390 g/mol. The Bertz CT molecular complexity index is 949. The van der Waals surface area contributed by atoms with Gasteiger partial charge in [-0.3, -0.25) is 9.59 Å². The van der Waals surface area contributed by atoms with E-state index in [0.29, 0.717) is 41.8 Å². The summed E-state index contributed by atoms with van der Waals surface area (Å²) in [5.74, 6) is 0.974. The average Bonchev–Trinajstić information content (AvgIpc) is 2.81. The van der Waals surface area contributed by atoms with Crippen LogP contribution in [-0.4, -0.2) is 39.1 Å². The number of rotatable bonds is 6. The van der Waals surface area contributed by atoms with Gasteiger partial charge in [0.1, 0.15) is 12.4 Å². The quantitative estimate of drug-likeness (QED) is 0.725. The van der Waals surface area contributed by atoms with Gasteiger partial charge in [0.25, 0.3) is 5.91 Å². The van der Waals surface area contributed by atoms with Crippen molar-refractivity contribution in [2.24, 2.45) is 11.3 Å². The lowest BCUT2D eigenvalue weighted by Gasteiger charge is -2.28. The van der Waals surface area contributed by atoms with Gasteiger partial charge in [0.05, 0.1) is 11.1 Å². The van der Waals surface area contributed by atoms with Gasteiger partial charge in [-0.15, -0.1) is 0 Å². The minimum atomic E-state index is -0.617. The summed E-state index contributed by atoms with van der Waals surface area (Å²) in [6, 6.07) is 12.9. The van der Waals surface area contributed by atoms with Gasteiger partial charge in [0, 0.05) is 37.6 Å². The van der Waals surface area contributed by atoms with Crippen LogP contribution in [0.25, 0.3) is 0 Å². The van der Waals surface area contributed by atoms with E-state index in [1.165, 1.54) is 0 Å². The molecule has 0 unspecified atom stereocenters. The molecule has 0 radical (unpaired) electrons. The van der Waals surface area contributed by atoms with Crippen molar-refractivity contribution in [3.8, 4) is 5.75 Å². The average molecular weight is 424 g/mol. The summed E-state index contributed by atoms with van der Waals surface area (Å²) < 4.78 is 5.97. The monoisotopic (exact) mass is 423 g/mol. The fourth-order valence-corrected chi connectivity index (χ4v) is 3.45. The third-order valence-electron chi connectivity index (χ3n) is 5.50. The van der Waals surface area contributed by atoms with Crippen molar-refractivity contribution in [2.45, 2.75) is 34.1 Å². The number of nitrogens with one attached hydrogen (secondary N) is 1. The molecule has 0 aliphatic carbocycles. The smallest absolute Gasteiger partial charge is 0.255 e. The standard InChI is InChI=1S/C25H33N3O3/c1-17(2)13-14-28-21-15-19(9-12-22(21)31-16-25(3,4)24(28)30)26-23(29)18-7-10-20(11-8-18)27(5)6/h7-12,15,17H,13-14,16H2,1-6H3,(H,26,29). The molecule has 0 atom stereocenters. The van der Waals surface area contributed by atoms with Gasteiger partial charge < -0.3 is 19.9 Å². The van der Waals surface area contributed by atoms with Crippen LogP contribution < -0.4 is 19.9 Å². The van der Waals surface area contributed by atoms with Crippen LogP contribution in [0.1, 0.15) is 44.5 Å². The van der Waals surface area contributed by atoms with Crippen LogP contribution in [0.4, 0.5) is 17.1 Å². The Labute approximate surface area is 185 Å². The molecule has 1 N–H and O–H groups in total. The predicted molar refractivity (Wildman–Crippen MR) is 126 cm³/mol. The first kappa shape index (κ1) is 22.7. The van der Waals surface area contributed by atoms with Crippen LogP contribution in [0.15, 0.2) is 42.5 Å². The van der Waals surface area contributed by atoms with Crippen molar-refractivity contribution in [3.63, 3.8) is 0 Å². The molecule has 166 valence electrons. The van der Waals surface area contributed by atoms with Crippen molar-refractivity contribution < 1.29 is 14.3 Å². The van der Waals surface area contributed by atoms with Gasteiger partial charge in [-0.2, -0.15) is 0 Å². The highest BCUT2D eigenvalue weighted by Crippen LogP contribution is 2.38. The third kappa shape index (κ3) is 5.19. The largest absolute Gasteiger partial charge is 0.490 e. The molecule has 6 heteroatoms. The Balaban J connectivity index is 1.87. The highest BCUT2D eigenvalue weighted by molar-refractivity contribution is 6.05. The van der Waals surface area contributed by atoms with Crippen molar-refractivity contribution in [3.05, 3.63) is 48.0 Å². The molecule has 1 aliphatic heterocycles. The van der Waals surface area contributed by atoms with E-state index in [4.69, 9.17) is 4.74 Å². The highest BCUT2D eigenvalue weighted by Gasteiger charge is 2.37. The molecule has 6 nitrogen and oxygen atoms in total. The molecule has 0 spiro atoms. The molecule has 0 saturated heterocycles. The number of hydrogen-bond donors (Lipinski definition) is 1. The van der Waals surface area contributed by atoms with Gasteiger partial charge in [0.15, 0.2) is 0 Å². The number of hydrogen-bond acceptors (Lipinski definition) is 4. The number of carbonyl (C=O) groups excluding carboxylic acids is 2. The summed E-state index contributed by atoms with van der Waals surface area (Å²) in [5.41, 5.74) is 2.32. The molecule has 0 aromatic heterocycles. The molecule has 31 heavy (non-hydrogen) atoms. The number of anilines is 3. The van der Waals surface area contributed by atoms with Gasteiger partial charge >= 0.3 is 0 Å². The summed E-state index contributed by atoms with van der Waals surface area (Å²) in [6.07, 6.45) is 0.885. The first-order valence-corrected chi connectivity index (χ1v) is 10.8. The summed E-state index contributed by atoms with van der Waals surface area (Å²) in [4.78, 5) is 29.8. The zero-order valence-corrected chi connectivity index (χ0v) is 19.4. The molecular formula is C25H33N3O3. The molecule has 3 rings (SSSR count). The Hall–Kier alpha value is -3.02. The number of amides is 2. The predicted octanol–water partition coefficient (Wildman–Crippen LogP) is 4.80. The molecule has 2 amide bonds.